The molecular formula is C10H24N2O2S. The summed E-state index contributed by atoms with van der Waals surface area (Å²) in [6.45, 7) is 8.31. The van der Waals surface area contributed by atoms with E-state index in [0.717, 1.165) is 12.8 Å². The van der Waals surface area contributed by atoms with Crippen LogP contribution < -0.4 is 10.5 Å². The van der Waals surface area contributed by atoms with Gasteiger partial charge in [-0.25, -0.2) is 13.1 Å². The first-order valence-corrected chi connectivity index (χ1v) is 6.88. The van der Waals surface area contributed by atoms with Gasteiger partial charge < -0.3 is 5.73 Å². The Kier molecular flexibility index (Phi) is 5.77. The summed E-state index contributed by atoms with van der Waals surface area (Å²) in [7, 11) is -3.18. The highest BCUT2D eigenvalue weighted by Gasteiger charge is 2.27. The summed E-state index contributed by atoms with van der Waals surface area (Å²) in [6.07, 6.45) is 1.80. The highest BCUT2D eigenvalue weighted by atomic mass is 32.2. The number of sulfonamides is 1. The van der Waals surface area contributed by atoms with Crippen LogP contribution in [0.3, 0.4) is 0 Å². The van der Waals surface area contributed by atoms with Crippen molar-refractivity contribution in [1.29, 1.82) is 0 Å². The van der Waals surface area contributed by atoms with Crippen LogP contribution in [0.25, 0.3) is 0 Å². The van der Waals surface area contributed by atoms with Gasteiger partial charge in [-0.05, 0) is 46.1 Å². The van der Waals surface area contributed by atoms with Crippen molar-refractivity contribution in [1.82, 2.24) is 4.72 Å². The van der Waals surface area contributed by atoms with E-state index in [1.165, 1.54) is 0 Å². The maximum atomic E-state index is 11.6. The van der Waals surface area contributed by atoms with Gasteiger partial charge in [0.1, 0.15) is 0 Å². The van der Waals surface area contributed by atoms with Gasteiger partial charge >= 0.3 is 0 Å². The summed E-state index contributed by atoms with van der Waals surface area (Å²) >= 11 is 0. The van der Waals surface area contributed by atoms with Gasteiger partial charge in [0.05, 0.1) is 4.75 Å². The Bertz CT molecular complexity index is 268. The molecule has 92 valence electrons. The summed E-state index contributed by atoms with van der Waals surface area (Å²) in [5, 5.41) is 0. The molecule has 0 fully saturated rings. The zero-order chi connectivity index (χ0) is 12.1. The predicted molar refractivity (Wildman–Crippen MR) is 64.1 cm³/mol. The second kappa shape index (κ2) is 5.82. The van der Waals surface area contributed by atoms with E-state index in [1.54, 1.807) is 20.8 Å². The molecule has 15 heavy (non-hydrogen) atoms. The SMILES string of the molecule is CC(CN)CCCNS(=O)(=O)C(C)(C)C. The summed E-state index contributed by atoms with van der Waals surface area (Å²) < 4.78 is 25.1. The molecular weight excluding hydrogens is 212 g/mol. The largest absolute Gasteiger partial charge is 0.330 e. The van der Waals surface area contributed by atoms with Crippen LogP contribution in [-0.4, -0.2) is 26.3 Å². The average molecular weight is 236 g/mol. The van der Waals surface area contributed by atoms with Crippen molar-refractivity contribution in [3.63, 3.8) is 0 Å². The van der Waals surface area contributed by atoms with Crippen LogP contribution in [0.5, 0.6) is 0 Å². The van der Waals surface area contributed by atoms with Crippen molar-refractivity contribution in [3.8, 4) is 0 Å². The fourth-order valence-electron chi connectivity index (χ4n) is 0.991. The van der Waals surface area contributed by atoms with E-state index in [4.69, 9.17) is 5.73 Å². The molecule has 0 aromatic carbocycles. The maximum absolute atomic E-state index is 11.6. The molecule has 0 heterocycles. The lowest BCUT2D eigenvalue weighted by atomic mass is 10.1. The molecule has 0 saturated heterocycles. The monoisotopic (exact) mass is 236 g/mol. The molecule has 0 amide bonds. The fraction of sp³-hybridized carbons (Fsp3) is 1.00. The van der Waals surface area contributed by atoms with E-state index < -0.39 is 14.8 Å². The predicted octanol–water partition coefficient (Wildman–Crippen LogP) is 1.08. The van der Waals surface area contributed by atoms with Crippen molar-refractivity contribution in [2.24, 2.45) is 11.7 Å². The molecule has 0 aliphatic heterocycles. The lowest BCUT2D eigenvalue weighted by Crippen LogP contribution is -2.39. The van der Waals surface area contributed by atoms with E-state index in [-0.39, 0.29) is 0 Å². The zero-order valence-electron chi connectivity index (χ0n) is 10.2. The second-order valence-electron chi connectivity index (χ2n) is 4.99. The highest BCUT2D eigenvalue weighted by Crippen LogP contribution is 2.13. The minimum absolute atomic E-state index is 0.462. The molecule has 4 nitrogen and oxygen atoms in total. The van der Waals surface area contributed by atoms with Crippen LogP contribution in [0.2, 0.25) is 0 Å². The third-order valence-electron chi connectivity index (χ3n) is 2.37. The molecule has 0 radical (unpaired) electrons. The first-order valence-electron chi connectivity index (χ1n) is 5.40. The van der Waals surface area contributed by atoms with Crippen molar-refractivity contribution in [2.75, 3.05) is 13.1 Å². The zero-order valence-corrected chi connectivity index (χ0v) is 11.0. The van der Waals surface area contributed by atoms with Crippen molar-refractivity contribution in [2.45, 2.75) is 45.3 Å². The van der Waals surface area contributed by atoms with Gasteiger partial charge in [0.2, 0.25) is 10.0 Å². The van der Waals surface area contributed by atoms with Crippen molar-refractivity contribution >= 4 is 10.0 Å². The summed E-state index contributed by atoms with van der Waals surface area (Å²) in [6, 6.07) is 0. The minimum atomic E-state index is -3.18. The molecule has 1 unspecified atom stereocenters. The van der Waals surface area contributed by atoms with Gasteiger partial charge in [0.25, 0.3) is 0 Å². The summed E-state index contributed by atoms with van der Waals surface area (Å²) in [5.41, 5.74) is 5.47. The molecule has 0 spiro atoms. The number of rotatable bonds is 6. The highest BCUT2D eigenvalue weighted by molar-refractivity contribution is 7.90. The molecule has 0 saturated carbocycles. The van der Waals surface area contributed by atoms with E-state index in [1.807, 2.05) is 0 Å². The number of nitrogens with two attached hydrogens (primary N) is 1. The van der Waals surface area contributed by atoms with E-state index >= 15 is 0 Å². The summed E-state index contributed by atoms with van der Waals surface area (Å²) in [4.78, 5) is 0. The molecule has 0 aromatic rings. The third kappa shape index (κ3) is 5.49. The van der Waals surface area contributed by atoms with Gasteiger partial charge in [-0.15, -0.1) is 0 Å². The number of hydrogen-bond acceptors (Lipinski definition) is 3. The quantitative estimate of drug-likeness (QED) is 0.678. The van der Waals surface area contributed by atoms with E-state index in [9.17, 15) is 8.42 Å². The van der Waals surface area contributed by atoms with Crippen LogP contribution in [0.15, 0.2) is 0 Å². The Morgan fingerprint density at radius 1 is 1.33 bits per heavy atom. The second-order valence-corrected chi connectivity index (χ2v) is 7.51. The molecule has 0 aliphatic rings. The molecule has 0 rings (SSSR count). The van der Waals surface area contributed by atoms with Gasteiger partial charge in [0.15, 0.2) is 0 Å². The van der Waals surface area contributed by atoms with Gasteiger partial charge in [-0.1, -0.05) is 6.92 Å². The first kappa shape index (κ1) is 14.9. The van der Waals surface area contributed by atoms with E-state index in [2.05, 4.69) is 11.6 Å². The molecule has 0 aromatic heterocycles. The third-order valence-corrected chi connectivity index (χ3v) is 4.57. The van der Waals surface area contributed by atoms with Crippen LogP contribution in [-0.2, 0) is 10.0 Å². The number of hydrogen-bond donors (Lipinski definition) is 2. The molecule has 0 aliphatic carbocycles. The Balaban J connectivity index is 3.88. The lowest BCUT2D eigenvalue weighted by molar-refractivity contribution is 0.506. The van der Waals surface area contributed by atoms with Crippen LogP contribution >= 0.6 is 0 Å². The smallest absolute Gasteiger partial charge is 0.216 e. The van der Waals surface area contributed by atoms with Gasteiger partial charge in [-0.3, -0.25) is 0 Å². The molecule has 5 heteroatoms. The van der Waals surface area contributed by atoms with E-state index in [0.29, 0.717) is 19.0 Å². The van der Waals surface area contributed by atoms with Crippen LogP contribution in [0.4, 0.5) is 0 Å². The Hall–Kier alpha value is -0.130. The molecule has 3 N–H and O–H groups in total. The lowest BCUT2D eigenvalue weighted by Gasteiger charge is -2.19. The van der Waals surface area contributed by atoms with Crippen molar-refractivity contribution < 1.29 is 8.42 Å². The molecule has 1 atom stereocenters. The van der Waals surface area contributed by atoms with Crippen molar-refractivity contribution in [3.05, 3.63) is 0 Å². The standard InChI is InChI=1S/C10H24N2O2S/c1-9(8-11)6-5-7-12-15(13,14)10(2,3)4/h9,12H,5-8,11H2,1-4H3. The summed E-state index contributed by atoms with van der Waals surface area (Å²) in [5.74, 6) is 0.462. The Morgan fingerprint density at radius 3 is 2.27 bits per heavy atom. The topological polar surface area (TPSA) is 72.2 Å². The average Bonchev–Trinajstić information content (AvgIpc) is 2.10. The normalized spacial score (nSPS) is 15.3. The first-order chi connectivity index (χ1) is 6.70. The molecule has 0 bridgehead atoms. The maximum Gasteiger partial charge on any atom is 0.216 e. The van der Waals surface area contributed by atoms with Crippen LogP contribution in [0.1, 0.15) is 40.5 Å². The van der Waals surface area contributed by atoms with Crippen LogP contribution in [0, 0.1) is 5.92 Å². The van der Waals surface area contributed by atoms with Gasteiger partial charge in [0, 0.05) is 6.54 Å². The Labute approximate surface area is 93.7 Å². The minimum Gasteiger partial charge on any atom is -0.330 e. The van der Waals surface area contributed by atoms with Gasteiger partial charge in [-0.2, -0.15) is 0 Å². The fourth-order valence-corrected chi connectivity index (χ4v) is 1.84. The number of nitrogens with one attached hydrogen (secondary N) is 1. The Morgan fingerprint density at radius 2 is 1.87 bits per heavy atom.